The molecule has 37 heavy (non-hydrogen) atoms. The van der Waals surface area contributed by atoms with Crippen LogP contribution in [0.1, 0.15) is 52.1 Å². The van der Waals surface area contributed by atoms with E-state index in [1.165, 1.54) is 11.8 Å². The zero-order valence-electron chi connectivity index (χ0n) is 21.6. The number of primary amides is 1. The second-order valence-corrected chi connectivity index (χ2v) is 9.29. The van der Waals surface area contributed by atoms with Crippen LogP contribution in [-0.2, 0) is 9.53 Å². The maximum Gasteiger partial charge on any atom is 0.260 e. The van der Waals surface area contributed by atoms with Crippen LogP contribution in [0.15, 0.2) is 48.7 Å². The SMILES string of the molecule is CCCOCC(C)=O.Cc1cc(-c2cc(C(N)=O)ccc2Cl)cnc1N(C)C(=O)c1c(C)cccc1Cl. The lowest BCUT2D eigenvalue weighted by atomic mass is 10.0. The highest BCUT2D eigenvalue weighted by atomic mass is 35.5. The summed E-state index contributed by atoms with van der Waals surface area (Å²) >= 11 is 12.5. The molecule has 9 heteroatoms. The number of rotatable bonds is 8. The number of Topliss-reactive ketones (excluding diaryl/α,β-unsaturated/α-hetero) is 1. The fourth-order valence-electron chi connectivity index (χ4n) is 3.49. The number of benzene rings is 2. The van der Waals surface area contributed by atoms with Crippen LogP contribution in [-0.4, -0.2) is 42.8 Å². The molecule has 0 saturated heterocycles. The fraction of sp³-hybridized carbons (Fsp3) is 0.286. The summed E-state index contributed by atoms with van der Waals surface area (Å²) < 4.78 is 4.89. The van der Waals surface area contributed by atoms with Gasteiger partial charge in [-0.3, -0.25) is 19.3 Å². The van der Waals surface area contributed by atoms with E-state index in [4.69, 9.17) is 33.7 Å². The third-order valence-electron chi connectivity index (χ3n) is 5.32. The van der Waals surface area contributed by atoms with Gasteiger partial charge in [0.1, 0.15) is 12.4 Å². The second kappa shape index (κ2) is 13.9. The highest BCUT2D eigenvalue weighted by Crippen LogP contribution is 2.31. The number of carbonyl (C=O) groups is 3. The highest BCUT2D eigenvalue weighted by Gasteiger charge is 2.21. The van der Waals surface area contributed by atoms with Crippen LogP contribution in [0.3, 0.4) is 0 Å². The Morgan fingerprint density at radius 1 is 1.03 bits per heavy atom. The summed E-state index contributed by atoms with van der Waals surface area (Å²) in [6.45, 7) is 8.19. The average Bonchev–Trinajstić information content (AvgIpc) is 2.84. The Kier molecular flexibility index (Phi) is 11.2. The number of hydrogen-bond acceptors (Lipinski definition) is 5. The van der Waals surface area contributed by atoms with Gasteiger partial charge in [0.15, 0.2) is 5.78 Å². The lowest BCUT2D eigenvalue weighted by molar-refractivity contribution is -0.121. The predicted octanol–water partition coefficient (Wildman–Crippen LogP) is 6.05. The minimum absolute atomic E-state index is 0.0958. The van der Waals surface area contributed by atoms with Gasteiger partial charge in [0.25, 0.3) is 5.91 Å². The third kappa shape index (κ3) is 8.12. The summed E-state index contributed by atoms with van der Waals surface area (Å²) in [5, 5.41) is 0.867. The minimum Gasteiger partial charge on any atom is -0.374 e. The fourth-order valence-corrected chi connectivity index (χ4v) is 4.02. The molecule has 3 rings (SSSR count). The first kappa shape index (κ1) is 30.0. The van der Waals surface area contributed by atoms with E-state index in [-0.39, 0.29) is 18.3 Å². The number of nitrogens with zero attached hydrogens (tertiary/aromatic N) is 2. The van der Waals surface area contributed by atoms with Crippen LogP contribution in [0.25, 0.3) is 11.1 Å². The number of ketones is 1. The normalized spacial score (nSPS) is 10.4. The summed E-state index contributed by atoms with van der Waals surface area (Å²) in [6.07, 6.45) is 2.59. The van der Waals surface area contributed by atoms with Crippen molar-refractivity contribution >= 4 is 46.6 Å². The van der Waals surface area contributed by atoms with Crippen molar-refractivity contribution in [2.75, 3.05) is 25.2 Å². The molecule has 7 nitrogen and oxygen atoms in total. The van der Waals surface area contributed by atoms with Gasteiger partial charge in [0.2, 0.25) is 5.91 Å². The molecule has 0 radical (unpaired) electrons. The maximum absolute atomic E-state index is 13.0. The molecule has 0 aliphatic heterocycles. The van der Waals surface area contributed by atoms with Crippen molar-refractivity contribution in [2.45, 2.75) is 34.1 Å². The monoisotopic (exact) mass is 543 g/mol. The first-order valence-electron chi connectivity index (χ1n) is 11.6. The van der Waals surface area contributed by atoms with Crippen molar-refractivity contribution in [2.24, 2.45) is 5.73 Å². The van der Waals surface area contributed by atoms with Gasteiger partial charge in [-0.05, 0) is 68.7 Å². The summed E-state index contributed by atoms with van der Waals surface area (Å²) in [7, 11) is 1.65. The molecule has 0 unspecified atom stereocenters. The molecule has 0 saturated carbocycles. The first-order valence-corrected chi connectivity index (χ1v) is 12.4. The maximum atomic E-state index is 13.0. The van der Waals surface area contributed by atoms with Gasteiger partial charge in [0.05, 0.1) is 10.6 Å². The summed E-state index contributed by atoms with van der Waals surface area (Å²) in [5.74, 6) is -0.187. The summed E-state index contributed by atoms with van der Waals surface area (Å²) in [4.78, 5) is 40.6. The van der Waals surface area contributed by atoms with Crippen molar-refractivity contribution in [1.82, 2.24) is 4.98 Å². The molecular formula is C28H31Cl2N3O4. The molecule has 196 valence electrons. The molecule has 1 aromatic heterocycles. The van der Waals surface area contributed by atoms with Crippen molar-refractivity contribution in [3.63, 3.8) is 0 Å². The van der Waals surface area contributed by atoms with Crippen LogP contribution < -0.4 is 10.6 Å². The minimum atomic E-state index is -0.537. The molecule has 3 aromatic rings. The summed E-state index contributed by atoms with van der Waals surface area (Å²) in [6, 6.07) is 12.0. The van der Waals surface area contributed by atoms with E-state index < -0.39 is 5.91 Å². The highest BCUT2D eigenvalue weighted by molar-refractivity contribution is 6.35. The lowest BCUT2D eigenvalue weighted by Gasteiger charge is -2.20. The summed E-state index contributed by atoms with van der Waals surface area (Å²) in [5.41, 5.74) is 9.08. The predicted molar refractivity (Wildman–Crippen MR) is 149 cm³/mol. The van der Waals surface area contributed by atoms with E-state index in [1.807, 2.05) is 32.9 Å². The molecule has 0 aliphatic carbocycles. The van der Waals surface area contributed by atoms with Crippen LogP contribution in [0.5, 0.6) is 0 Å². The number of hydrogen-bond donors (Lipinski definition) is 1. The smallest absolute Gasteiger partial charge is 0.260 e. The number of nitrogens with two attached hydrogens (primary N) is 1. The largest absolute Gasteiger partial charge is 0.374 e. The number of ether oxygens (including phenoxy) is 1. The van der Waals surface area contributed by atoms with Crippen molar-refractivity contribution in [3.05, 3.63) is 81.0 Å². The quantitative estimate of drug-likeness (QED) is 0.348. The van der Waals surface area contributed by atoms with Gasteiger partial charge >= 0.3 is 0 Å². The Morgan fingerprint density at radius 3 is 2.30 bits per heavy atom. The number of carbonyl (C=O) groups excluding carboxylic acids is 3. The van der Waals surface area contributed by atoms with E-state index in [9.17, 15) is 14.4 Å². The zero-order chi connectivity index (χ0) is 27.7. The average molecular weight is 544 g/mol. The first-order chi connectivity index (χ1) is 17.5. The molecule has 1 heterocycles. The number of anilines is 1. The van der Waals surface area contributed by atoms with Gasteiger partial charge in [-0.15, -0.1) is 0 Å². The topological polar surface area (TPSA) is 103 Å². The van der Waals surface area contributed by atoms with Gasteiger partial charge in [-0.25, -0.2) is 4.98 Å². The molecule has 2 amide bonds. The van der Waals surface area contributed by atoms with Crippen LogP contribution in [0, 0.1) is 13.8 Å². The van der Waals surface area contributed by atoms with Gasteiger partial charge < -0.3 is 10.5 Å². The molecule has 0 aliphatic rings. The van der Waals surface area contributed by atoms with E-state index in [0.717, 1.165) is 17.5 Å². The van der Waals surface area contributed by atoms with Gasteiger partial charge in [-0.1, -0.05) is 42.3 Å². The second-order valence-electron chi connectivity index (χ2n) is 8.47. The number of aromatic nitrogens is 1. The van der Waals surface area contributed by atoms with Gasteiger partial charge in [0, 0.05) is 41.6 Å². The Morgan fingerprint density at radius 2 is 1.73 bits per heavy atom. The van der Waals surface area contributed by atoms with E-state index in [2.05, 4.69) is 4.98 Å². The number of halogens is 2. The molecular weight excluding hydrogens is 513 g/mol. The molecule has 0 atom stereocenters. The molecule has 2 N–H and O–H groups in total. The van der Waals surface area contributed by atoms with Gasteiger partial charge in [-0.2, -0.15) is 0 Å². The van der Waals surface area contributed by atoms with E-state index in [1.54, 1.807) is 43.6 Å². The molecule has 0 fully saturated rings. The van der Waals surface area contributed by atoms with Crippen LogP contribution in [0.4, 0.5) is 5.82 Å². The Hall–Kier alpha value is -3.26. The molecule has 0 bridgehead atoms. The van der Waals surface area contributed by atoms with Crippen molar-refractivity contribution < 1.29 is 19.1 Å². The number of aryl methyl sites for hydroxylation is 2. The Labute approximate surface area is 227 Å². The Bertz CT molecular complexity index is 1270. The molecule has 2 aromatic carbocycles. The Balaban J connectivity index is 0.000000521. The third-order valence-corrected chi connectivity index (χ3v) is 5.97. The van der Waals surface area contributed by atoms with Crippen LogP contribution >= 0.6 is 23.2 Å². The van der Waals surface area contributed by atoms with Crippen molar-refractivity contribution in [1.29, 1.82) is 0 Å². The van der Waals surface area contributed by atoms with E-state index in [0.29, 0.717) is 44.7 Å². The molecule has 0 spiro atoms. The lowest BCUT2D eigenvalue weighted by Crippen LogP contribution is -2.28. The number of amides is 2. The van der Waals surface area contributed by atoms with E-state index >= 15 is 0 Å². The number of pyridine rings is 1. The van der Waals surface area contributed by atoms with Crippen molar-refractivity contribution in [3.8, 4) is 11.1 Å². The standard InChI is InChI=1S/C22H19Cl2N3O2.C6H12O2/c1-12-5-4-6-18(24)19(12)22(29)27(3)21-13(2)9-15(11-26-21)16-10-14(20(25)28)7-8-17(16)23;1-3-4-8-5-6(2)7/h4-11H,1-3H3,(H2,25,28);3-5H2,1-2H3. The van der Waals surface area contributed by atoms with Crippen LogP contribution in [0.2, 0.25) is 10.0 Å². The zero-order valence-corrected chi connectivity index (χ0v) is 23.1.